The Morgan fingerprint density at radius 1 is 1.16 bits per heavy atom. The SMILES string of the molecule is C.C.C.CC(C)OCCN(CCOC(C)C)C(=O)CNc1ccc(N=[N+]=[N-])cc1[N+](=O)[O-]. The van der Waals surface area contributed by atoms with Gasteiger partial charge in [-0.1, -0.05) is 33.5 Å². The molecule has 0 aromatic heterocycles. The molecule has 0 aliphatic heterocycles. The summed E-state index contributed by atoms with van der Waals surface area (Å²) in [5.74, 6) is -0.238. The van der Waals surface area contributed by atoms with Crippen LogP contribution < -0.4 is 5.32 Å². The van der Waals surface area contributed by atoms with Gasteiger partial charge in [0.25, 0.3) is 5.69 Å². The maximum absolute atomic E-state index is 12.6. The first-order valence-electron chi connectivity index (χ1n) is 9.33. The quantitative estimate of drug-likeness (QED) is 0.136. The third kappa shape index (κ3) is 12.7. The normalized spacial score (nSPS) is 9.69. The molecule has 0 fully saturated rings. The van der Waals surface area contributed by atoms with Crippen molar-refractivity contribution in [2.45, 2.75) is 62.2 Å². The lowest BCUT2D eigenvalue weighted by Gasteiger charge is -2.24. The van der Waals surface area contributed by atoms with Gasteiger partial charge in [0.2, 0.25) is 5.91 Å². The van der Waals surface area contributed by atoms with E-state index >= 15 is 0 Å². The molecule has 1 rings (SSSR count). The molecule has 11 heteroatoms. The zero-order chi connectivity index (χ0) is 21.8. The van der Waals surface area contributed by atoms with Gasteiger partial charge in [-0.15, -0.1) is 0 Å². The highest BCUT2D eigenvalue weighted by Gasteiger charge is 2.18. The Hall–Kier alpha value is -2.88. The van der Waals surface area contributed by atoms with E-state index in [9.17, 15) is 14.9 Å². The molecule has 184 valence electrons. The van der Waals surface area contributed by atoms with E-state index in [1.165, 1.54) is 12.1 Å². The smallest absolute Gasteiger partial charge is 0.292 e. The highest BCUT2D eigenvalue weighted by molar-refractivity contribution is 5.82. The summed E-state index contributed by atoms with van der Waals surface area (Å²) in [7, 11) is 0. The molecule has 0 atom stereocenters. The summed E-state index contributed by atoms with van der Waals surface area (Å²) in [6.07, 6.45) is 0.100. The van der Waals surface area contributed by atoms with Crippen molar-refractivity contribution in [3.63, 3.8) is 0 Å². The molecule has 32 heavy (non-hydrogen) atoms. The molecular formula is C21H40N6O5. The highest BCUT2D eigenvalue weighted by atomic mass is 16.6. The van der Waals surface area contributed by atoms with Gasteiger partial charge in [-0.25, -0.2) is 0 Å². The first-order valence-corrected chi connectivity index (χ1v) is 9.33. The van der Waals surface area contributed by atoms with Gasteiger partial charge in [-0.3, -0.25) is 14.9 Å². The lowest BCUT2D eigenvalue weighted by atomic mass is 10.2. The van der Waals surface area contributed by atoms with Gasteiger partial charge in [-0.2, -0.15) is 0 Å². The summed E-state index contributed by atoms with van der Waals surface area (Å²) in [5, 5.41) is 17.4. The second kappa shape index (κ2) is 17.8. The summed E-state index contributed by atoms with van der Waals surface area (Å²) < 4.78 is 11.0. The van der Waals surface area contributed by atoms with Gasteiger partial charge in [-0.05, 0) is 39.3 Å². The molecule has 0 heterocycles. The Morgan fingerprint density at radius 2 is 1.69 bits per heavy atom. The number of hydrogen-bond donors (Lipinski definition) is 1. The zero-order valence-electron chi connectivity index (χ0n) is 17.2. The fourth-order valence-electron chi connectivity index (χ4n) is 2.38. The van der Waals surface area contributed by atoms with E-state index in [2.05, 4.69) is 15.3 Å². The van der Waals surface area contributed by atoms with Crippen LogP contribution >= 0.6 is 0 Å². The van der Waals surface area contributed by atoms with Gasteiger partial charge < -0.3 is 19.7 Å². The van der Waals surface area contributed by atoms with Crippen molar-refractivity contribution in [2.75, 3.05) is 38.2 Å². The average molecular weight is 457 g/mol. The number of nitro groups is 1. The van der Waals surface area contributed by atoms with E-state index in [4.69, 9.17) is 15.0 Å². The standard InChI is InChI=1S/C18H28N6O5.3CH4/c1-13(2)28-9-7-23(8-10-29-14(3)4)18(25)12-20-16-6-5-15(21-22-19)11-17(16)24(26)27;;;/h5-6,11,13-14,20H,7-10,12H2,1-4H3;3*1H4. The van der Waals surface area contributed by atoms with Crippen molar-refractivity contribution < 1.29 is 19.2 Å². The summed E-state index contributed by atoms with van der Waals surface area (Å²) in [6, 6.07) is 3.99. The minimum Gasteiger partial charge on any atom is -0.377 e. The molecule has 0 aliphatic carbocycles. The number of rotatable bonds is 13. The van der Waals surface area contributed by atoms with E-state index in [-0.39, 0.29) is 64.0 Å². The second-order valence-corrected chi connectivity index (χ2v) is 6.72. The number of nitro benzene ring substituents is 1. The van der Waals surface area contributed by atoms with Crippen LogP contribution in [-0.4, -0.2) is 60.8 Å². The Balaban J connectivity index is -0.00000280. The monoisotopic (exact) mass is 456 g/mol. The Bertz CT molecular complexity index is 721. The number of hydrogen-bond acceptors (Lipinski definition) is 7. The van der Waals surface area contributed by atoms with Crippen LogP contribution in [-0.2, 0) is 14.3 Å². The molecule has 1 aromatic rings. The van der Waals surface area contributed by atoms with Crippen molar-refractivity contribution in [1.29, 1.82) is 0 Å². The number of carbonyl (C=O) groups is 1. The molecule has 1 amide bonds. The summed E-state index contributed by atoms with van der Waals surface area (Å²) in [6.45, 7) is 9.05. The third-order valence-corrected chi connectivity index (χ3v) is 3.75. The lowest BCUT2D eigenvalue weighted by molar-refractivity contribution is -0.383. The van der Waals surface area contributed by atoms with E-state index in [1.54, 1.807) is 4.90 Å². The van der Waals surface area contributed by atoms with Crippen molar-refractivity contribution in [3.05, 3.63) is 38.8 Å². The number of amides is 1. The van der Waals surface area contributed by atoms with E-state index < -0.39 is 4.92 Å². The van der Waals surface area contributed by atoms with Crippen molar-refractivity contribution in [3.8, 4) is 0 Å². The number of carbonyl (C=O) groups excluding carboxylic acids is 1. The predicted octanol–water partition coefficient (Wildman–Crippen LogP) is 5.54. The maximum Gasteiger partial charge on any atom is 0.292 e. The van der Waals surface area contributed by atoms with Gasteiger partial charge in [0.15, 0.2) is 0 Å². The van der Waals surface area contributed by atoms with Gasteiger partial charge in [0, 0.05) is 29.8 Å². The van der Waals surface area contributed by atoms with Crippen LogP contribution in [0.2, 0.25) is 0 Å². The summed E-state index contributed by atoms with van der Waals surface area (Å²) in [4.78, 5) is 27.5. The molecule has 0 aliphatic rings. The number of anilines is 1. The second-order valence-electron chi connectivity index (χ2n) is 6.72. The molecule has 0 saturated carbocycles. The van der Waals surface area contributed by atoms with Crippen molar-refractivity contribution in [1.82, 2.24) is 4.90 Å². The Morgan fingerprint density at radius 3 is 2.12 bits per heavy atom. The van der Waals surface area contributed by atoms with Gasteiger partial charge >= 0.3 is 0 Å². The van der Waals surface area contributed by atoms with Crippen LogP contribution in [0, 0.1) is 10.1 Å². The number of benzene rings is 1. The molecule has 0 radical (unpaired) electrons. The minimum absolute atomic E-state index is 0. The fraction of sp³-hybridized carbons (Fsp3) is 0.667. The first kappa shape index (κ1) is 33.8. The number of nitrogens with zero attached hydrogens (tertiary/aromatic N) is 5. The molecule has 0 saturated heterocycles. The lowest BCUT2D eigenvalue weighted by Crippen LogP contribution is -2.40. The molecule has 0 unspecified atom stereocenters. The van der Waals surface area contributed by atoms with Crippen LogP contribution in [0.3, 0.4) is 0 Å². The van der Waals surface area contributed by atoms with Crippen LogP contribution in [0.15, 0.2) is 23.3 Å². The average Bonchev–Trinajstić information content (AvgIpc) is 2.65. The Labute approximate surface area is 191 Å². The van der Waals surface area contributed by atoms with Crippen molar-refractivity contribution >= 4 is 23.0 Å². The number of nitrogens with one attached hydrogen (secondary N) is 1. The topological polar surface area (TPSA) is 143 Å². The largest absolute Gasteiger partial charge is 0.377 e. The van der Waals surface area contributed by atoms with Crippen molar-refractivity contribution in [2.24, 2.45) is 5.11 Å². The predicted molar refractivity (Wildman–Crippen MR) is 129 cm³/mol. The van der Waals surface area contributed by atoms with Crippen LogP contribution in [0.25, 0.3) is 10.4 Å². The maximum atomic E-state index is 12.6. The molecule has 1 aromatic carbocycles. The summed E-state index contributed by atoms with van der Waals surface area (Å²) in [5.41, 5.74) is 8.47. The van der Waals surface area contributed by atoms with E-state index in [1.807, 2.05) is 27.7 Å². The fourth-order valence-corrected chi connectivity index (χ4v) is 2.38. The number of ether oxygens (including phenoxy) is 2. The molecular weight excluding hydrogens is 416 g/mol. The third-order valence-electron chi connectivity index (χ3n) is 3.75. The van der Waals surface area contributed by atoms with E-state index in [0.717, 1.165) is 6.07 Å². The van der Waals surface area contributed by atoms with Crippen LogP contribution in [0.1, 0.15) is 50.0 Å². The van der Waals surface area contributed by atoms with Gasteiger partial charge in [0.1, 0.15) is 5.69 Å². The zero-order valence-corrected chi connectivity index (χ0v) is 17.2. The van der Waals surface area contributed by atoms with Crippen LogP contribution in [0.5, 0.6) is 0 Å². The Kier molecular flexibility index (Phi) is 18.7. The van der Waals surface area contributed by atoms with Gasteiger partial charge in [0.05, 0.1) is 36.9 Å². The molecule has 11 nitrogen and oxygen atoms in total. The van der Waals surface area contributed by atoms with Crippen LogP contribution in [0.4, 0.5) is 17.1 Å². The minimum atomic E-state index is -0.603. The first-order chi connectivity index (χ1) is 13.7. The molecule has 0 bridgehead atoms. The molecule has 1 N–H and O–H groups in total. The van der Waals surface area contributed by atoms with E-state index in [0.29, 0.717) is 26.3 Å². The number of azide groups is 1. The summed E-state index contributed by atoms with van der Waals surface area (Å²) >= 11 is 0. The highest BCUT2D eigenvalue weighted by Crippen LogP contribution is 2.29. The molecule has 0 spiro atoms.